The zero-order chi connectivity index (χ0) is 57.0. The van der Waals surface area contributed by atoms with Crippen molar-refractivity contribution in [1.82, 2.24) is 21.3 Å². The summed E-state index contributed by atoms with van der Waals surface area (Å²) in [6.45, 7) is 0.0621. The summed E-state index contributed by atoms with van der Waals surface area (Å²) in [6, 6.07) is -3.03. The molecular formula is C43H66F10N4O19. The first-order chi connectivity index (χ1) is 35.5. The molecule has 0 bridgehead atoms. The van der Waals surface area contributed by atoms with Gasteiger partial charge in [0.05, 0.1) is 13.2 Å². The summed E-state index contributed by atoms with van der Waals surface area (Å²) in [7, 11) is 0. The van der Waals surface area contributed by atoms with Crippen LogP contribution in [-0.2, 0) is 71.3 Å². The van der Waals surface area contributed by atoms with E-state index in [2.05, 4.69) is 77.1 Å². The Morgan fingerprint density at radius 3 is 1.16 bits per heavy atom. The van der Waals surface area contributed by atoms with E-state index in [9.17, 15) is 82.3 Å². The molecule has 0 spiro atoms. The summed E-state index contributed by atoms with van der Waals surface area (Å²) in [4.78, 5) is 93.7. The summed E-state index contributed by atoms with van der Waals surface area (Å²) in [5, 5.41) is 9.18. The zero-order valence-electron chi connectivity index (χ0n) is 40.5. The predicted molar refractivity (Wildman–Crippen MR) is 238 cm³/mol. The van der Waals surface area contributed by atoms with Crippen LogP contribution in [-0.4, -0.2) is 143 Å². The van der Waals surface area contributed by atoms with Crippen LogP contribution in [0.4, 0.5) is 63.1 Å². The first-order valence-electron chi connectivity index (χ1n) is 23.2. The minimum atomic E-state index is -6.87. The van der Waals surface area contributed by atoms with Crippen LogP contribution in [0.25, 0.3) is 0 Å². The van der Waals surface area contributed by atoms with Crippen molar-refractivity contribution in [3.05, 3.63) is 25.3 Å². The fraction of sp³-hybridized carbons (Fsp3) is 0.721. The van der Waals surface area contributed by atoms with Gasteiger partial charge >= 0.3 is 79.0 Å². The first-order valence-corrected chi connectivity index (χ1v) is 23.2. The maximum atomic E-state index is 14.2. The summed E-state index contributed by atoms with van der Waals surface area (Å²) in [6.07, 6.45) is -30.5. The normalized spacial score (nSPS) is 18.1. The quantitative estimate of drug-likeness (QED) is 0.0121. The van der Waals surface area contributed by atoms with E-state index in [4.69, 9.17) is 9.47 Å². The van der Waals surface area contributed by atoms with Gasteiger partial charge in [-0.15, -0.1) is 8.78 Å². The van der Waals surface area contributed by atoms with E-state index < -0.39 is 130 Å². The fourth-order valence-corrected chi connectivity index (χ4v) is 6.74. The average Bonchev–Trinajstić information content (AvgIpc) is 3.31. The molecule has 2 rings (SSSR count). The lowest BCUT2D eigenvalue weighted by atomic mass is 9.91. The third-order valence-corrected chi connectivity index (χ3v) is 10.2. The van der Waals surface area contributed by atoms with Gasteiger partial charge in [-0.1, -0.05) is 13.2 Å². The minimum absolute atomic E-state index is 0. The number of unbranched alkanes of at least 4 members (excludes halogenated alkanes) is 4. The average molecular weight is 1130 g/mol. The molecular weight excluding hydrogens is 1070 g/mol. The van der Waals surface area contributed by atoms with E-state index >= 15 is 0 Å². The Labute approximate surface area is 432 Å². The molecule has 442 valence electrons. The van der Waals surface area contributed by atoms with Gasteiger partial charge in [-0.2, -0.15) is 35.1 Å². The lowest BCUT2D eigenvalue weighted by Gasteiger charge is -2.32. The van der Waals surface area contributed by atoms with Crippen molar-refractivity contribution in [2.75, 3.05) is 40.0 Å². The maximum absolute atomic E-state index is 14.2. The molecule has 0 aromatic carbocycles. The molecule has 2 fully saturated rings. The van der Waals surface area contributed by atoms with Crippen LogP contribution >= 0.6 is 0 Å². The number of rotatable bonds is 33. The van der Waals surface area contributed by atoms with Crippen LogP contribution in [0.3, 0.4) is 0 Å². The Morgan fingerprint density at radius 1 is 0.447 bits per heavy atom. The molecule has 2 aliphatic carbocycles. The number of esters is 4. The van der Waals surface area contributed by atoms with Gasteiger partial charge in [-0.05, 0) is 89.9 Å². The number of alkyl halides is 10. The van der Waals surface area contributed by atoms with Crippen molar-refractivity contribution >= 4 is 48.3 Å². The molecule has 23 nitrogen and oxygen atoms in total. The molecule has 4 unspecified atom stereocenters. The van der Waals surface area contributed by atoms with E-state index in [-0.39, 0.29) is 57.4 Å². The number of nitrogens with one attached hydrogen (secondary N) is 4. The van der Waals surface area contributed by atoms with Gasteiger partial charge < -0.3 is 59.2 Å². The van der Waals surface area contributed by atoms with E-state index in [0.29, 0.717) is 64.2 Å². The number of halogens is 10. The van der Waals surface area contributed by atoms with E-state index in [0.717, 1.165) is 12.2 Å². The van der Waals surface area contributed by atoms with E-state index in [1.54, 1.807) is 0 Å². The Kier molecular flexibility index (Phi) is 27.9. The van der Waals surface area contributed by atoms with E-state index in [1.165, 1.54) is 0 Å². The molecule has 0 radical (unpaired) electrons. The van der Waals surface area contributed by atoms with Gasteiger partial charge in [-0.25, -0.2) is 43.0 Å². The molecule has 4 N–H and O–H groups in total. The number of amides is 4. The summed E-state index contributed by atoms with van der Waals surface area (Å²) in [5.41, 5.74) is 0. The molecule has 4 atom stereocenters. The Morgan fingerprint density at radius 2 is 0.789 bits per heavy atom. The number of hydrogen-bond acceptors (Lipinski definition) is 19. The second-order valence-corrected chi connectivity index (χ2v) is 16.4. The van der Waals surface area contributed by atoms with Gasteiger partial charge in [0.1, 0.15) is 0 Å². The van der Waals surface area contributed by atoms with Crippen LogP contribution in [0.2, 0.25) is 0 Å². The number of carbonyl (C=O) groups excluding carboxylic acids is 8. The molecule has 0 aliphatic heterocycles. The molecule has 4 amide bonds. The van der Waals surface area contributed by atoms with Crippen LogP contribution in [0.15, 0.2) is 25.3 Å². The highest BCUT2D eigenvalue weighted by atomic mass is 19.3. The standard InChI is InChI=1S/C43H58F10N4O19.4H2/c1-3-31(58)70-25-72-33(60)17-7-5-9-19-66-35(62)54-27-13-11-15-29(21-27)56-37(64)68-23-39(44,45)74-41(48,49)42(50,51)76-43(52,53)75-40(46,47)24-69-38(65)57-30-16-12-14-28(22-30)55-36(63)67-20-10-6-8-18-34(61)73-26-71-32(59)4-2;;;;/h3-4,27-30H,1-2,5-26H2,(H,54,62)(H,55,63)(H,56,64)(H,57,65);4*1H. The van der Waals surface area contributed by atoms with Gasteiger partial charge in [0.25, 0.3) is 0 Å². The fourth-order valence-electron chi connectivity index (χ4n) is 6.74. The topological polar surface area (TPSA) is 286 Å². The van der Waals surface area contributed by atoms with Crippen LogP contribution in [0, 0.1) is 0 Å². The van der Waals surface area contributed by atoms with E-state index in [1.807, 2.05) is 0 Å². The molecule has 0 saturated heterocycles. The van der Waals surface area contributed by atoms with Crippen LogP contribution in [0.1, 0.15) is 108 Å². The highest BCUT2D eigenvalue weighted by molar-refractivity contribution is 5.81. The van der Waals surface area contributed by atoms with Gasteiger partial charge in [-0.3, -0.25) is 9.59 Å². The lowest BCUT2D eigenvalue weighted by molar-refractivity contribution is -0.566. The number of ether oxygens (including phenoxy) is 11. The highest BCUT2D eigenvalue weighted by Crippen LogP contribution is 2.44. The third kappa shape index (κ3) is 28.5. The smallest absolute Gasteiger partial charge is 0.450 e. The second kappa shape index (κ2) is 32.3. The molecule has 76 heavy (non-hydrogen) atoms. The molecule has 33 heteroatoms. The third-order valence-electron chi connectivity index (χ3n) is 10.2. The van der Waals surface area contributed by atoms with Crippen molar-refractivity contribution in [2.45, 2.75) is 158 Å². The molecule has 0 aromatic rings. The molecule has 0 aromatic heterocycles. The zero-order valence-corrected chi connectivity index (χ0v) is 40.5. The van der Waals surface area contributed by atoms with Crippen molar-refractivity contribution in [3.8, 4) is 0 Å². The van der Waals surface area contributed by atoms with Crippen LogP contribution < -0.4 is 21.3 Å². The second-order valence-electron chi connectivity index (χ2n) is 16.4. The van der Waals surface area contributed by atoms with Gasteiger partial charge in [0, 0.05) is 54.9 Å². The number of hydrogen-bond donors (Lipinski definition) is 4. The Bertz CT molecular complexity index is 1960. The summed E-state index contributed by atoms with van der Waals surface area (Å²) >= 11 is 0. The molecule has 2 aliphatic rings. The number of carbonyl (C=O) groups is 8. The largest absolute Gasteiger partial charge is 0.495 e. The summed E-state index contributed by atoms with van der Waals surface area (Å²) in [5.74, 6) is -2.83. The monoisotopic (exact) mass is 1130 g/mol. The first kappa shape index (κ1) is 65.7. The predicted octanol–water partition coefficient (Wildman–Crippen LogP) is 8.05. The lowest BCUT2D eigenvalue weighted by Crippen LogP contribution is -2.54. The number of alkyl carbamates (subject to hydrolysis) is 4. The highest BCUT2D eigenvalue weighted by Gasteiger charge is 2.69. The Balaban J connectivity index is -0.0000148. The molecule has 2 saturated carbocycles. The van der Waals surface area contributed by atoms with Gasteiger partial charge in [0.15, 0.2) is 13.2 Å². The van der Waals surface area contributed by atoms with Crippen molar-refractivity contribution in [3.63, 3.8) is 0 Å². The molecule has 0 heterocycles. The van der Waals surface area contributed by atoms with Crippen molar-refractivity contribution < 1.29 is 140 Å². The van der Waals surface area contributed by atoms with Crippen molar-refractivity contribution in [2.24, 2.45) is 0 Å². The minimum Gasteiger partial charge on any atom is -0.450 e. The van der Waals surface area contributed by atoms with Crippen molar-refractivity contribution in [1.29, 1.82) is 0 Å². The summed E-state index contributed by atoms with van der Waals surface area (Å²) < 4.78 is 186. The Hall–Kier alpha value is -6.38. The van der Waals surface area contributed by atoms with Gasteiger partial charge in [0.2, 0.25) is 13.6 Å². The maximum Gasteiger partial charge on any atom is 0.495 e. The SMILES string of the molecule is C=CC(=O)OCOC(=O)CCCCCOC(=O)NC1CCCC(NC(=O)OCC(F)(F)OC(F)(F)OC(F)(F)C(F)(F)OC(F)(F)COC(=O)NC2CCCC(NC(=O)OCCCCCC(=O)OCOC(=O)C=C)C2)C1.[HH].[HH].[HH].[HH]. The van der Waals surface area contributed by atoms with Crippen LogP contribution in [0.5, 0.6) is 0 Å².